The smallest absolute Gasteiger partial charge is 0.475 e. The molecule has 0 aliphatic carbocycles. The third-order valence-corrected chi connectivity index (χ3v) is 7.26. The Hall–Kier alpha value is -5.00. The number of alkyl halides is 6. The number of hydrogen-bond donors (Lipinski definition) is 5. The topological polar surface area (TPSA) is 192 Å². The van der Waals surface area contributed by atoms with Crippen LogP contribution in [-0.2, 0) is 30.4 Å². The molecule has 0 aliphatic rings. The zero-order valence-corrected chi connectivity index (χ0v) is 23.1. The number of amidine groups is 1. The van der Waals surface area contributed by atoms with E-state index in [-0.39, 0.29) is 18.8 Å². The van der Waals surface area contributed by atoms with Crippen LogP contribution in [0.15, 0.2) is 76.8 Å². The number of hydrogen-bond acceptors (Lipinski definition) is 7. The Balaban J connectivity index is 0.00000113. The summed E-state index contributed by atoms with van der Waals surface area (Å²) in [5.41, 5.74) is 4.77. The normalized spacial score (nSPS) is 12.0. The molecule has 0 spiro atoms. The van der Waals surface area contributed by atoms with Gasteiger partial charge in [0.2, 0.25) is 21.7 Å². The van der Waals surface area contributed by atoms with Crippen molar-refractivity contribution >= 4 is 39.1 Å². The fourth-order valence-corrected chi connectivity index (χ4v) is 4.79. The molecule has 0 saturated heterocycles. The number of amides is 2. The van der Waals surface area contributed by atoms with Gasteiger partial charge in [0, 0.05) is 23.6 Å². The van der Waals surface area contributed by atoms with Crippen LogP contribution in [0.3, 0.4) is 0 Å². The van der Waals surface area contributed by atoms with E-state index in [1.54, 1.807) is 0 Å². The Morgan fingerprint density at radius 1 is 1.00 bits per heavy atom. The van der Waals surface area contributed by atoms with Crippen LogP contribution in [-0.4, -0.2) is 48.3 Å². The molecule has 1 heterocycles. The number of carbonyl (C=O) groups is 3. The fourth-order valence-electron chi connectivity index (χ4n) is 3.37. The van der Waals surface area contributed by atoms with Gasteiger partial charge in [-0.15, -0.1) is 0 Å². The van der Waals surface area contributed by atoms with E-state index < -0.39 is 67.8 Å². The number of rotatable bonds is 8. The minimum atomic E-state index is -5.08. The van der Waals surface area contributed by atoms with Gasteiger partial charge in [-0.1, -0.05) is 13.5 Å². The zero-order valence-electron chi connectivity index (χ0n) is 22.3. The largest absolute Gasteiger partial charge is 0.490 e. The molecule has 0 unspecified atom stereocenters. The van der Waals surface area contributed by atoms with E-state index in [9.17, 15) is 44.3 Å². The number of sulfone groups is 1. The predicted molar refractivity (Wildman–Crippen MR) is 149 cm³/mol. The number of benzene rings is 2. The summed E-state index contributed by atoms with van der Waals surface area (Å²) in [4.78, 5) is 35.7. The van der Waals surface area contributed by atoms with E-state index in [2.05, 4.69) is 15.6 Å². The van der Waals surface area contributed by atoms with Crippen LogP contribution < -0.4 is 16.4 Å². The van der Waals surface area contributed by atoms with Gasteiger partial charge in [0.1, 0.15) is 12.3 Å². The van der Waals surface area contributed by atoms with Crippen LogP contribution >= 0.6 is 0 Å². The number of nitrogen functional groups attached to an aromatic ring is 1. The van der Waals surface area contributed by atoms with Crippen molar-refractivity contribution in [2.45, 2.75) is 49.0 Å². The highest BCUT2D eigenvalue weighted by atomic mass is 32.2. The summed E-state index contributed by atoms with van der Waals surface area (Å²) in [6.07, 6.45) is -8.45. The maximum atomic E-state index is 13.8. The second-order valence-corrected chi connectivity index (χ2v) is 10.7. The first-order chi connectivity index (χ1) is 20.2. The van der Waals surface area contributed by atoms with Crippen molar-refractivity contribution in [3.8, 4) is 0 Å². The Morgan fingerprint density at radius 2 is 1.58 bits per heavy atom. The number of anilines is 1. The van der Waals surface area contributed by atoms with Crippen LogP contribution in [0.2, 0.25) is 0 Å². The molecule has 244 valence electrons. The average molecular weight is 664 g/mol. The highest BCUT2D eigenvalue weighted by Gasteiger charge is 2.39. The third-order valence-electron chi connectivity index (χ3n) is 5.46. The van der Waals surface area contributed by atoms with Crippen LogP contribution in [0.1, 0.15) is 43.5 Å². The molecular weight excluding hydrogens is 636 g/mol. The molecule has 2 amide bonds. The van der Waals surface area contributed by atoms with Gasteiger partial charge in [0.15, 0.2) is 0 Å². The van der Waals surface area contributed by atoms with Crippen molar-refractivity contribution in [2.24, 2.45) is 5.73 Å². The number of carboxylic acids is 1. The lowest BCUT2D eigenvalue weighted by atomic mass is 10.0. The summed E-state index contributed by atoms with van der Waals surface area (Å²) in [6.45, 7) is 1.40. The molecule has 45 heavy (non-hydrogen) atoms. The monoisotopic (exact) mass is 663 g/mol. The van der Waals surface area contributed by atoms with Crippen molar-refractivity contribution in [1.82, 2.24) is 10.3 Å². The molecule has 0 aliphatic heterocycles. The van der Waals surface area contributed by atoms with Gasteiger partial charge in [-0.25, -0.2) is 13.2 Å². The number of carbonyl (C=O) groups excluding carboxylic acids is 2. The first-order valence-electron chi connectivity index (χ1n) is 11.9. The molecule has 1 atom stereocenters. The number of nitrogens with zero attached hydrogens (tertiary/aromatic N) is 1. The van der Waals surface area contributed by atoms with E-state index in [1.165, 1.54) is 49.5 Å². The van der Waals surface area contributed by atoms with Gasteiger partial charge in [0.25, 0.3) is 0 Å². The Morgan fingerprint density at radius 3 is 2.04 bits per heavy atom. The van der Waals surface area contributed by atoms with Crippen molar-refractivity contribution in [1.29, 1.82) is 5.41 Å². The summed E-state index contributed by atoms with van der Waals surface area (Å²) in [7, 11) is -4.51. The molecule has 3 rings (SSSR count). The van der Waals surface area contributed by atoms with Gasteiger partial charge in [-0.3, -0.25) is 20.0 Å². The Labute approximate surface area is 252 Å². The summed E-state index contributed by atoms with van der Waals surface area (Å²) in [5, 5.41) is 19.4. The van der Waals surface area contributed by atoms with Crippen LogP contribution in [0.25, 0.3) is 0 Å². The zero-order chi connectivity index (χ0) is 33.5. The van der Waals surface area contributed by atoms with Gasteiger partial charge in [-0.05, 0) is 61.0 Å². The minimum absolute atomic E-state index is 0. The van der Waals surface area contributed by atoms with Gasteiger partial charge < -0.3 is 21.5 Å². The lowest BCUT2D eigenvalue weighted by molar-refractivity contribution is -0.192. The maximum absolute atomic E-state index is 13.8. The molecule has 0 radical (unpaired) electrons. The number of carboxylic acid groups (broad SMARTS) is 1. The number of pyridine rings is 1. The lowest BCUT2D eigenvalue weighted by Crippen LogP contribution is -2.30. The van der Waals surface area contributed by atoms with Crippen LogP contribution in [0, 0.1) is 5.41 Å². The SMILES string of the molecule is C.C[C@H](NC(=O)CC(=O)Nc1ccc(C(=N)N)cc1)c1ccc(S(=O)(=O)c2cccnc2)c(C(F)(F)F)c1.O=C(O)C(F)(F)F. The molecule has 6 N–H and O–H groups in total. The molecule has 0 bridgehead atoms. The number of aliphatic carboxylic acids is 1. The maximum Gasteiger partial charge on any atom is 0.490 e. The summed E-state index contributed by atoms with van der Waals surface area (Å²) in [5.74, 6) is -4.34. The van der Waals surface area contributed by atoms with Crippen molar-refractivity contribution in [2.75, 3.05) is 5.32 Å². The van der Waals surface area contributed by atoms with Gasteiger partial charge >= 0.3 is 18.3 Å². The van der Waals surface area contributed by atoms with Gasteiger partial charge in [-0.2, -0.15) is 26.3 Å². The average Bonchev–Trinajstić information content (AvgIpc) is 2.92. The minimum Gasteiger partial charge on any atom is -0.475 e. The van der Waals surface area contributed by atoms with Crippen molar-refractivity contribution in [3.63, 3.8) is 0 Å². The van der Waals surface area contributed by atoms with Crippen LogP contribution in [0.4, 0.5) is 32.0 Å². The van der Waals surface area contributed by atoms with E-state index in [0.717, 1.165) is 18.3 Å². The van der Waals surface area contributed by atoms with E-state index in [0.29, 0.717) is 17.3 Å². The molecule has 1 aromatic heterocycles. The first kappa shape index (κ1) is 38.0. The highest BCUT2D eigenvalue weighted by Crippen LogP contribution is 2.37. The Bertz CT molecular complexity index is 1630. The van der Waals surface area contributed by atoms with E-state index >= 15 is 0 Å². The third kappa shape index (κ3) is 10.9. The molecular formula is C27H27F6N5O6S. The Kier molecular flexibility index (Phi) is 12.8. The fraction of sp³-hybridized carbons (Fsp3) is 0.222. The number of aromatic nitrogens is 1. The first-order valence-corrected chi connectivity index (χ1v) is 13.4. The second kappa shape index (κ2) is 15.1. The molecule has 0 saturated carbocycles. The molecule has 3 aromatic rings. The summed E-state index contributed by atoms with van der Waals surface area (Å²) < 4.78 is 98.8. The quantitative estimate of drug-likeness (QED) is 0.0991. The summed E-state index contributed by atoms with van der Waals surface area (Å²) >= 11 is 0. The number of nitrogens with two attached hydrogens (primary N) is 1. The number of nitrogens with one attached hydrogen (secondary N) is 3. The van der Waals surface area contributed by atoms with Crippen LogP contribution in [0.5, 0.6) is 0 Å². The molecule has 11 nitrogen and oxygen atoms in total. The van der Waals surface area contributed by atoms with Gasteiger partial charge in [0.05, 0.1) is 21.4 Å². The molecule has 0 fully saturated rings. The number of halogens is 6. The van der Waals surface area contributed by atoms with Crippen molar-refractivity contribution in [3.05, 3.63) is 83.7 Å². The van der Waals surface area contributed by atoms with E-state index in [4.69, 9.17) is 21.0 Å². The standard InChI is InChI=1S/C24H22F3N5O4S.C2HF3O2.CH4/c1-14(31-21(33)12-22(34)32-17-7-4-15(5-8-17)23(28)29)16-6-9-20(19(11-16)24(25,26)27)37(35,36)18-3-2-10-30-13-18;3-2(4,5)1(6)7;/h2-11,13-14H,12H2,1H3,(H3,28,29)(H,31,33)(H,32,34);(H,6,7);1H4/t14-;;/m0../s1. The summed E-state index contributed by atoms with van der Waals surface area (Å²) in [6, 6.07) is 10.1. The lowest BCUT2D eigenvalue weighted by Gasteiger charge is -2.19. The molecule has 2 aromatic carbocycles. The molecule has 18 heteroatoms. The highest BCUT2D eigenvalue weighted by molar-refractivity contribution is 7.91. The van der Waals surface area contributed by atoms with E-state index in [1.807, 2.05) is 0 Å². The van der Waals surface area contributed by atoms with Crippen molar-refractivity contribution < 1.29 is 54.3 Å². The predicted octanol–water partition coefficient (Wildman–Crippen LogP) is 4.69. The second-order valence-electron chi connectivity index (χ2n) is 8.75.